The van der Waals surface area contributed by atoms with Crippen molar-refractivity contribution >= 4 is 11.9 Å². The Morgan fingerprint density at radius 2 is 2.14 bits per heavy atom. The molecule has 0 N–H and O–H groups in total. The summed E-state index contributed by atoms with van der Waals surface area (Å²) in [4.78, 5) is 27.4. The van der Waals surface area contributed by atoms with E-state index >= 15 is 0 Å². The summed E-state index contributed by atoms with van der Waals surface area (Å²) in [7, 11) is 1.21. The lowest BCUT2D eigenvalue weighted by molar-refractivity contribution is -0.148. The second-order valence-corrected chi connectivity index (χ2v) is 6.44. The van der Waals surface area contributed by atoms with Gasteiger partial charge < -0.3 is 9.64 Å². The Morgan fingerprint density at radius 3 is 2.81 bits per heavy atom. The molecule has 2 aliphatic heterocycles. The predicted molar refractivity (Wildman–Crippen MR) is 74.3 cm³/mol. The molecule has 2 saturated heterocycles. The standard InChI is InChI=1S/C15H23FN2O3/c1-21-15(20)12(16)9-17-7-6-13-10(8-17)2-5-14(19)18(13)11-3-4-11/h10-13H,2-9H2,1H3/t10-,12+,13-/m0/s1. The largest absolute Gasteiger partial charge is 0.467 e. The highest BCUT2D eigenvalue weighted by Gasteiger charge is 2.45. The first-order valence-corrected chi connectivity index (χ1v) is 7.85. The SMILES string of the molecule is COC(=O)[C@H](F)CN1CC[C@H]2[C@@H](CCC(=O)N2C2CC2)C1. The van der Waals surface area contributed by atoms with Crippen molar-refractivity contribution in [2.24, 2.45) is 5.92 Å². The van der Waals surface area contributed by atoms with Crippen molar-refractivity contribution in [3.63, 3.8) is 0 Å². The second-order valence-electron chi connectivity index (χ2n) is 6.44. The Bertz CT molecular complexity index is 427. The molecule has 3 rings (SSSR count). The van der Waals surface area contributed by atoms with Crippen LogP contribution >= 0.6 is 0 Å². The van der Waals surface area contributed by atoms with Crippen LogP contribution in [0.15, 0.2) is 0 Å². The molecular formula is C15H23FN2O3. The fourth-order valence-corrected chi connectivity index (χ4v) is 3.79. The first-order valence-electron chi connectivity index (χ1n) is 7.85. The van der Waals surface area contributed by atoms with Gasteiger partial charge in [-0.25, -0.2) is 9.18 Å². The van der Waals surface area contributed by atoms with Gasteiger partial charge in [0.1, 0.15) is 0 Å². The number of amides is 1. The van der Waals surface area contributed by atoms with E-state index in [2.05, 4.69) is 9.64 Å². The Kier molecular flexibility index (Phi) is 4.15. The molecule has 21 heavy (non-hydrogen) atoms. The lowest BCUT2D eigenvalue weighted by atomic mass is 9.83. The van der Waals surface area contributed by atoms with Crippen LogP contribution in [-0.4, -0.2) is 66.7 Å². The molecule has 0 spiro atoms. The van der Waals surface area contributed by atoms with Gasteiger partial charge in [0, 0.05) is 38.1 Å². The van der Waals surface area contributed by atoms with E-state index in [4.69, 9.17) is 0 Å². The summed E-state index contributed by atoms with van der Waals surface area (Å²) in [5, 5.41) is 0. The molecule has 0 radical (unpaired) electrons. The molecule has 0 bridgehead atoms. The first kappa shape index (κ1) is 14.8. The minimum atomic E-state index is -1.57. The van der Waals surface area contributed by atoms with E-state index in [1.807, 2.05) is 4.90 Å². The van der Waals surface area contributed by atoms with Crippen LogP contribution in [0, 0.1) is 5.92 Å². The van der Waals surface area contributed by atoms with Crippen LogP contribution in [-0.2, 0) is 14.3 Å². The molecule has 3 atom stereocenters. The van der Waals surface area contributed by atoms with Crippen LogP contribution < -0.4 is 0 Å². The highest BCUT2D eigenvalue weighted by atomic mass is 19.1. The molecule has 3 fully saturated rings. The van der Waals surface area contributed by atoms with Crippen LogP contribution in [0.25, 0.3) is 0 Å². The van der Waals surface area contributed by atoms with Crippen molar-refractivity contribution in [3.8, 4) is 0 Å². The average molecular weight is 298 g/mol. The fourth-order valence-electron chi connectivity index (χ4n) is 3.79. The van der Waals surface area contributed by atoms with Gasteiger partial charge in [-0.1, -0.05) is 0 Å². The maximum atomic E-state index is 13.7. The van der Waals surface area contributed by atoms with Gasteiger partial charge in [0.25, 0.3) is 0 Å². The third-order valence-electron chi connectivity index (χ3n) is 4.97. The number of alkyl halides is 1. The van der Waals surface area contributed by atoms with Gasteiger partial charge in [-0.05, 0) is 31.6 Å². The highest BCUT2D eigenvalue weighted by Crippen LogP contribution is 2.38. The van der Waals surface area contributed by atoms with E-state index < -0.39 is 12.1 Å². The normalized spacial score (nSPS) is 31.7. The number of carbonyl (C=O) groups excluding carboxylic acids is 2. The number of carbonyl (C=O) groups is 2. The molecule has 118 valence electrons. The predicted octanol–water partition coefficient (Wildman–Crippen LogP) is 0.973. The number of halogens is 1. The molecule has 0 aromatic carbocycles. The van der Waals surface area contributed by atoms with Gasteiger partial charge in [-0.2, -0.15) is 0 Å². The molecule has 0 aromatic rings. The van der Waals surface area contributed by atoms with E-state index in [0.29, 0.717) is 30.3 Å². The molecular weight excluding hydrogens is 275 g/mol. The molecule has 1 aliphatic carbocycles. The molecule has 3 aliphatic rings. The number of piperidine rings is 2. The number of methoxy groups -OCH3 is 1. The monoisotopic (exact) mass is 298 g/mol. The quantitative estimate of drug-likeness (QED) is 0.726. The van der Waals surface area contributed by atoms with E-state index in [0.717, 1.165) is 38.8 Å². The van der Waals surface area contributed by atoms with Crippen molar-refractivity contribution in [2.75, 3.05) is 26.7 Å². The molecule has 2 heterocycles. The summed E-state index contributed by atoms with van der Waals surface area (Å²) in [6.45, 7) is 1.63. The maximum absolute atomic E-state index is 13.7. The Hall–Kier alpha value is -1.17. The number of likely N-dealkylation sites (tertiary alicyclic amines) is 2. The zero-order valence-corrected chi connectivity index (χ0v) is 12.5. The summed E-state index contributed by atoms with van der Waals surface area (Å²) in [5.74, 6) is -0.0809. The van der Waals surface area contributed by atoms with Gasteiger partial charge in [0.15, 0.2) is 0 Å². The third-order valence-corrected chi connectivity index (χ3v) is 4.97. The van der Waals surface area contributed by atoms with Crippen molar-refractivity contribution in [1.82, 2.24) is 9.80 Å². The van der Waals surface area contributed by atoms with Crippen molar-refractivity contribution in [2.45, 2.75) is 50.4 Å². The van der Waals surface area contributed by atoms with E-state index in [-0.39, 0.29) is 6.54 Å². The number of rotatable bonds is 4. The van der Waals surface area contributed by atoms with E-state index in [1.165, 1.54) is 7.11 Å². The summed E-state index contributed by atoms with van der Waals surface area (Å²) < 4.78 is 18.1. The smallest absolute Gasteiger partial charge is 0.341 e. The van der Waals surface area contributed by atoms with Crippen LogP contribution in [0.2, 0.25) is 0 Å². The zero-order valence-electron chi connectivity index (χ0n) is 12.5. The molecule has 0 unspecified atom stereocenters. The highest BCUT2D eigenvalue weighted by molar-refractivity contribution is 5.78. The molecule has 1 saturated carbocycles. The Balaban J connectivity index is 1.58. The number of esters is 1. The topological polar surface area (TPSA) is 49.9 Å². The van der Waals surface area contributed by atoms with Crippen LogP contribution in [0.5, 0.6) is 0 Å². The fraction of sp³-hybridized carbons (Fsp3) is 0.867. The molecule has 6 heteroatoms. The summed E-state index contributed by atoms with van der Waals surface area (Å²) in [5.41, 5.74) is 0. The number of hydrogen-bond acceptors (Lipinski definition) is 4. The minimum absolute atomic E-state index is 0.104. The number of ether oxygens (including phenoxy) is 1. The minimum Gasteiger partial charge on any atom is -0.467 e. The van der Waals surface area contributed by atoms with Crippen LogP contribution in [0.1, 0.15) is 32.1 Å². The van der Waals surface area contributed by atoms with Gasteiger partial charge in [-0.3, -0.25) is 9.69 Å². The van der Waals surface area contributed by atoms with Gasteiger partial charge in [-0.15, -0.1) is 0 Å². The Morgan fingerprint density at radius 1 is 1.38 bits per heavy atom. The number of fused-ring (bicyclic) bond motifs is 1. The zero-order chi connectivity index (χ0) is 15.0. The van der Waals surface area contributed by atoms with Crippen LogP contribution in [0.3, 0.4) is 0 Å². The van der Waals surface area contributed by atoms with Crippen LogP contribution in [0.4, 0.5) is 4.39 Å². The van der Waals surface area contributed by atoms with Gasteiger partial charge in [0.2, 0.25) is 12.1 Å². The molecule has 1 amide bonds. The van der Waals surface area contributed by atoms with Crippen molar-refractivity contribution in [1.29, 1.82) is 0 Å². The third kappa shape index (κ3) is 3.05. The van der Waals surface area contributed by atoms with Gasteiger partial charge in [0.05, 0.1) is 7.11 Å². The second kappa shape index (κ2) is 5.91. The van der Waals surface area contributed by atoms with E-state index in [1.54, 1.807) is 0 Å². The molecule has 5 nitrogen and oxygen atoms in total. The molecule has 0 aromatic heterocycles. The summed E-state index contributed by atoms with van der Waals surface area (Å²) in [6, 6.07) is 0.784. The maximum Gasteiger partial charge on any atom is 0.341 e. The lowest BCUT2D eigenvalue weighted by Gasteiger charge is -2.47. The van der Waals surface area contributed by atoms with Crippen molar-refractivity contribution < 1.29 is 18.7 Å². The lowest BCUT2D eigenvalue weighted by Crippen LogP contribution is -2.57. The number of nitrogens with zero attached hydrogens (tertiary/aromatic N) is 2. The Labute approximate surface area is 124 Å². The summed E-state index contributed by atoms with van der Waals surface area (Å²) in [6.07, 6.45) is 3.08. The first-order chi connectivity index (χ1) is 10.1. The van der Waals surface area contributed by atoms with E-state index in [9.17, 15) is 14.0 Å². The summed E-state index contributed by atoms with van der Waals surface area (Å²) >= 11 is 0. The number of hydrogen-bond donors (Lipinski definition) is 0. The van der Waals surface area contributed by atoms with Crippen molar-refractivity contribution in [3.05, 3.63) is 0 Å². The van der Waals surface area contributed by atoms with Gasteiger partial charge >= 0.3 is 5.97 Å². The average Bonchev–Trinajstić information content (AvgIpc) is 3.31.